The van der Waals surface area contributed by atoms with Crippen LogP contribution in [0.2, 0.25) is 0 Å². The van der Waals surface area contributed by atoms with Gasteiger partial charge in [0.25, 0.3) is 0 Å². The van der Waals surface area contributed by atoms with Gasteiger partial charge < -0.3 is 4.74 Å². The van der Waals surface area contributed by atoms with Crippen LogP contribution < -0.4 is 0 Å². The summed E-state index contributed by atoms with van der Waals surface area (Å²) in [7, 11) is 1.72. The fourth-order valence-electron chi connectivity index (χ4n) is 0.303. The van der Waals surface area contributed by atoms with Gasteiger partial charge in [0.15, 0.2) is 0 Å². The number of ether oxygens (including phenoxy) is 1. The first-order chi connectivity index (χ1) is 4.29. The Morgan fingerprint density at radius 2 is 1.40 bits per heavy atom. The van der Waals surface area contributed by atoms with Crippen LogP contribution in [0.4, 0.5) is 0 Å². The number of hydrogen-bond acceptors (Lipinski definition) is 4. The molecule has 0 unspecified atom stereocenters. The Balaban J connectivity index is 0. The van der Waals surface area contributed by atoms with Gasteiger partial charge in [0.2, 0.25) is 0 Å². The molecule has 1 rings (SSSR count). The van der Waals surface area contributed by atoms with Gasteiger partial charge in [-0.25, -0.2) is 9.59 Å². The summed E-state index contributed by atoms with van der Waals surface area (Å²) < 4.78 is 12.0. The molecule has 0 bridgehead atoms. The van der Waals surface area contributed by atoms with E-state index in [-0.39, 0.29) is 18.6 Å². The zero-order valence-corrected chi connectivity index (χ0v) is 7.13. The molecule has 0 spiro atoms. The van der Waals surface area contributed by atoms with Gasteiger partial charge in [-0.05, 0) is 0 Å². The Bertz CT molecular complexity index is 151. The largest absolute Gasteiger partial charge is 0.387 e. The molecule has 6 heteroatoms. The predicted octanol–water partition coefficient (Wildman–Crippen LogP) is 0.0982. The average molecular weight is 197 g/mol. The molecule has 1 heterocycles. The normalized spacial score (nSPS) is 12.8. The Labute approximate surface area is 71.1 Å². The number of cyclic esters (lactones) is 2. The number of esters is 2. The fraction of sp³-hybridized carbons (Fsp3) is 0. The van der Waals surface area contributed by atoms with Crippen molar-refractivity contribution in [1.82, 2.24) is 0 Å². The maximum absolute atomic E-state index is 9.92. The topological polar surface area (TPSA) is 60.4 Å². The molecule has 0 fully saturated rings. The second-order valence-electron chi connectivity index (χ2n) is 1.07. The SMILES string of the molecule is O=C1C=CC(=O)O1.O=P.[V]. The third-order valence-corrected chi connectivity index (χ3v) is 0.557. The first-order valence-electron chi connectivity index (χ1n) is 1.93. The van der Waals surface area contributed by atoms with Gasteiger partial charge in [0, 0.05) is 30.7 Å². The van der Waals surface area contributed by atoms with Crippen LogP contribution >= 0.6 is 9.12 Å². The molecule has 53 valence electrons. The molecule has 0 saturated carbocycles. The Morgan fingerprint density at radius 3 is 1.50 bits per heavy atom. The molecule has 0 atom stereocenters. The van der Waals surface area contributed by atoms with Crippen molar-refractivity contribution >= 4 is 21.1 Å². The Kier molecular flexibility index (Phi) is 8.19. The molecule has 0 aromatic carbocycles. The molecule has 0 N–H and O–H groups in total. The molecule has 4 nitrogen and oxygen atoms in total. The summed E-state index contributed by atoms with van der Waals surface area (Å²) in [6.07, 6.45) is 2.17. The summed E-state index contributed by atoms with van der Waals surface area (Å²) in [6, 6.07) is 0. The summed E-state index contributed by atoms with van der Waals surface area (Å²) in [5, 5.41) is 0. The maximum Gasteiger partial charge on any atom is 0.338 e. The van der Waals surface area contributed by atoms with E-state index in [4.69, 9.17) is 4.57 Å². The molecule has 0 saturated heterocycles. The van der Waals surface area contributed by atoms with Gasteiger partial charge in [-0.2, -0.15) is 0 Å². The third-order valence-electron chi connectivity index (χ3n) is 0.557. The zero-order chi connectivity index (χ0) is 7.28. The van der Waals surface area contributed by atoms with Crippen molar-refractivity contribution in [2.45, 2.75) is 0 Å². The van der Waals surface area contributed by atoms with Crippen molar-refractivity contribution in [2.24, 2.45) is 0 Å². The first kappa shape index (κ1) is 12.3. The van der Waals surface area contributed by atoms with Gasteiger partial charge in [-0.3, -0.25) is 4.57 Å². The van der Waals surface area contributed by atoms with Crippen LogP contribution in [0.15, 0.2) is 12.2 Å². The second-order valence-corrected chi connectivity index (χ2v) is 1.07. The Hall–Kier alpha value is -0.436. The molecule has 10 heavy (non-hydrogen) atoms. The van der Waals surface area contributed by atoms with E-state index in [0.29, 0.717) is 0 Å². The van der Waals surface area contributed by atoms with Gasteiger partial charge in [-0.15, -0.1) is 0 Å². The molecule has 1 aliphatic rings. The van der Waals surface area contributed by atoms with Crippen molar-refractivity contribution in [3.05, 3.63) is 12.2 Å². The van der Waals surface area contributed by atoms with E-state index in [1.54, 1.807) is 9.12 Å². The van der Waals surface area contributed by atoms with Crippen LogP contribution in [-0.2, 0) is 37.4 Å². The fourth-order valence-corrected chi connectivity index (χ4v) is 0.303. The molecule has 0 aliphatic carbocycles. The molecule has 0 aromatic rings. The molecular formula is C4H3O4PV. The second kappa shape index (κ2) is 6.68. The van der Waals surface area contributed by atoms with Crippen LogP contribution in [-0.4, -0.2) is 11.9 Å². The summed E-state index contributed by atoms with van der Waals surface area (Å²) in [5.41, 5.74) is 0. The number of hydrogen-bond donors (Lipinski definition) is 0. The van der Waals surface area contributed by atoms with Gasteiger partial charge in [-0.1, -0.05) is 0 Å². The summed E-state index contributed by atoms with van der Waals surface area (Å²) in [4.78, 5) is 19.8. The minimum absolute atomic E-state index is 0. The van der Waals surface area contributed by atoms with E-state index in [9.17, 15) is 9.59 Å². The van der Waals surface area contributed by atoms with Crippen molar-refractivity contribution in [3.8, 4) is 0 Å². The molecule has 1 radical (unpaired) electrons. The van der Waals surface area contributed by atoms with Crippen molar-refractivity contribution < 1.29 is 37.4 Å². The smallest absolute Gasteiger partial charge is 0.338 e. The summed E-state index contributed by atoms with van der Waals surface area (Å²) >= 11 is 0. The summed E-state index contributed by atoms with van der Waals surface area (Å²) in [6.45, 7) is 0. The minimum atomic E-state index is -0.579. The molecule has 0 amide bonds. The van der Waals surface area contributed by atoms with Crippen molar-refractivity contribution in [2.75, 3.05) is 0 Å². The first-order valence-corrected chi connectivity index (χ1v) is 2.34. The van der Waals surface area contributed by atoms with Crippen LogP contribution in [0.1, 0.15) is 0 Å². The number of rotatable bonds is 0. The maximum atomic E-state index is 9.92. The summed E-state index contributed by atoms with van der Waals surface area (Å²) in [5.74, 6) is -1.16. The molecule has 0 aromatic heterocycles. The van der Waals surface area contributed by atoms with E-state index >= 15 is 0 Å². The van der Waals surface area contributed by atoms with Gasteiger partial charge >= 0.3 is 11.9 Å². The zero-order valence-electron chi connectivity index (χ0n) is 4.73. The molecular weight excluding hydrogens is 194 g/mol. The van der Waals surface area contributed by atoms with Crippen LogP contribution in [0, 0.1) is 0 Å². The third kappa shape index (κ3) is 4.44. The van der Waals surface area contributed by atoms with E-state index in [0.717, 1.165) is 12.2 Å². The Morgan fingerprint density at radius 1 is 1.10 bits per heavy atom. The average Bonchev–Trinajstić information content (AvgIpc) is 2.20. The van der Waals surface area contributed by atoms with E-state index in [1.807, 2.05) is 0 Å². The van der Waals surface area contributed by atoms with Gasteiger partial charge in [0.1, 0.15) is 9.12 Å². The van der Waals surface area contributed by atoms with E-state index in [2.05, 4.69) is 4.74 Å². The quantitative estimate of drug-likeness (QED) is 0.314. The van der Waals surface area contributed by atoms with Crippen LogP contribution in [0.25, 0.3) is 0 Å². The predicted molar refractivity (Wildman–Crippen MR) is 29.2 cm³/mol. The number of carbonyl (C=O) groups excluding carboxylic acids is 2. The van der Waals surface area contributed by atoms with Gasteiger partial charge in [0.05, 0.1) is 0 Å². The van der Waals surface area contributed by atoms with Crippen molar-refractivity contribution in [1.29, 1.82) is 0 Å². The minimum Gasteiger partial charge on any atom is -0.387 e. The number of carbonyl (C=O) groups is 2. The van der Waals surface area contributed by atoms with E-state index < -0.39 is 11.9 Å². The van der Waals surface area contributed by atoms with Crippen LogP contribution in [0.3, 0.4) is 0 Å². The van der Waals surface area contributed by atoms with Crippen LogP contribution in [0.5, 0.6) is 0 Å². The van der Waals surface area contributed by atoms with Crippen molar-refractivity contribution in [3.63, 3.8) is 0 Å². The molecule has 1 aliphatic heterocycles. The monoisotopic (exact) mass is 197 g/mol. The van der Waals surface area contributed by atoms with E-state index in [1.165, 1.54) is 0 Å². The standard InChI is InChI=1S/C4H2O3.HOP.V/c5-3-1-2-4(6)7-3;1-2;/h1-2H;2H;.